The van der Waals surface area contributed by atoms with Crippen molar-refractivity contribution in [1.29, 1.82) is 0 Å². The first kappa shape index (κ1) is 25.4. The molecule has 2 nitrogen and oxygen atoms in total. The van der Waals surface area contributed by atoms with Crippen LogP contribution in [0.3, 0.4) is 0 Å². The Bertz CT molecular complexity index is 1130. The molecule has 1 N–H and O–H groups in total. The average Bonchev–Trinajstić information content (AvgIpc) is 2.74. The molecule has 0 aliphatic heterocycles. The lowest BCUT2D eigenvalue weighted by Crippen LogP contribution is -2.19. The molecule has 182 valence electrons. The van der Waals surface area contributed by atoms with Crippen molar-refractivity contribution in [3.05, 3.63) is 82.4 Å². The van der Waals surface area contributed by atoms with Gasteiger partial charge in [0.2, 0.25) is 5.75 Å². The molecule has 0 saturated carbocycles. The number of halogens is 7. The predicted molar refractivity (Wildman–Crippen MR) is 113 cm³/mol. The van der Waals surface area contributed by atoms with E-state index in [-0.39, 0.29) is 24.0 Å². The lowest BCUT2D eigenvalue weighted by Gasteiger charge is -2.14. The van der Waals surface area contributed by atoms with Crippen LogP contribution in [0.25, 0.3) is 11.1 Å². The summed E-state index contributed by atoms with van der Waals surface area (Å²) >= 11 is 0. The van der Waals surface area contributed by atoms with Gasteiger partial charge in [0, 0.05) is 11.6 Å². The number of hydrogen-bond acceptors (Lipinski definition) is 2. The Kier molecular flexibility index (Phi) is 7.74. The molecule has 34 heavy (non-hydrogen) atoms. The molecule has 0 unspecified atom stereocenters. The average molecular weight is 486 g/mol. The molecule has 3 aromatic rings. The highest BCUT2D eigenvalue weighted by Gasteiger charge is 2.34. The second-order valence-corrected chi connectivity index (χ2v) is 7.78. The van der Waals surface area contributed by atoms with E-state index in [4.69, 9.17) is 0 Å². The molecule has 0 fully saturated rings. The van der Waals surface area contributed by atoms with Crippen LogP contribution in [0.5, 0.6) is 11.5 Å². The van der Waals surface area contributed by atoms with Gasteiger partial charge in [-0.05, 0) is 54.5 Å². The van der Waals surface area contributed by atoms with Crippen LogP contribution in [-0.4, -0.2) is 11.5 Å². The largest absolute Gasteiger partial charge is 0.573 e. The number of rotatable bonds is 8. The summed E-state index contributed by atoms with van der Waals surface area (Å²) in [4.78, 5) is 0. The number of ether oxygens (including phenoxy) is 1. The Balaban J connectivity index is 1.86. The molecule has 9 heteroatoms. The summed E-state index contributed by atoms with van der Waals surface area (Å²) in [6.45, 7) is 2.05. The molecule has 0 aliphatic carbocycles. The summed E-state index contributed by atoms with van der Waals surface area (Å²) in [7, 11) is 0. The SMILES string of the molecule is CCCCc1ccc(-c2c(O)cc(F)c(CCc3cc(F)c(OC(F)(F)F)c(F)c3)c2F)cc1. The molecule has 0 aromatic heterocycles. The summed E-state index contributed by atoms with van der Waals surface area (Å²) in [5.41, 5.74) is 0.569. The molecular weight excluding hydrogens is 465 g/mol. The molecule has 3 rings (SSSR count). The highest BCUT2D eigenvalue weighted by Crippen LogP contribution is 2.36. The van der Waals surface area contributed by atoms with Gasteiger partial charge in [-0.2, -0.15) is 0 Å². The fourth-order valence-electron chi connectivity index (χ4n) is 3.61. The Hall–Kier alpha value is -3.23. The number of aromatic hydroxyl groups is 1. The van der Waals surface area contributed by atoms with Crippen LogP contribution in [0.4, 0.5) is 30.7 Å². The number of phenols is 1. The third-order valence-corrected chi connectivity index (χ3v) is 5.29. The fraction of sp³-hybridized carbons (Fsp3) is 0.280. The number of aryl methyl sites for hydroxylation is 2. The molecule has 0 bridgehead atoms. The minimum Gasteiger partial charge on any atom is -0.507 e. The number of benzene rings is 3. The van der Waals surface area contributed by atoms with E-state index in [1.54, 1.807) is 24.3 Å². The third-order valence-electron chi connectivity index (χ3n) is 5.29. The second-order valence-electron chi connectivity index (χ2n) is 7.78. The quantitative estimate of drug-likeness (QED) is 0.332. The van der Waals surface area contributed by atoms with Gasteiger partial charge in [-0.15, -0.1) is 13.2 Å². The van der Waals surface area contributed by atoms with Gasteiger partial charge in [-0.25, -0.2) is 17.6 Å². The summed E-state index contributed by atoms with van der Waals surface area (Å²) in [5, 5.41) is 10.2. The zero-order valence-corrected chi connectivity index (χ0v) is 18.1. The molecule has 0 heterocycles. The predicted octanol–water partition coefficient (Wildman–Crippen LogP) is 7.64. The van der Waals surface area contributed by atoms with Crippen molar-refractivity contribution < 1.29 is 40.6 Å². The summed E-state index contributed by atoms with van der Waals surface area (Å²) < 4.78 is 97.7. The van der Waals surface area contributed by atoms with E-state index >= 15 is 4.39 Å². The van der Waals surface area contributed by atoms with Crippen LogP contribution in [0.15, 0.2) is 42.5 Å². The van der Waals surface area contributed by atoms with Gasteiger partial charge in [0.25, 0.3) is 0 Å². The van der Waals surface area contributed by atoms with Gasteiger partial charge >= 0.3 is 6.36 Å². The van der Waals surface area contributed by atoms with Crippen LogP contribution in [0, 0.1) is 23.3 Å². The van der Waals surface area contributed by atoms with Crippen molar-refractivity contribution in [2.45, 2.75) is 45.4 Å². The van der Waals surface area contributed by atoms with Crippen molar-refractivity contribution in [3.63, 3.8) is 0 Å². The Morgan fingerprint density at radius 1 is 0.794 bits per heavy atom. The molecule has 0 saturated heterocycles. The van der Waals surface area contributed by atoms with Crippen LogP contribution in [0.2, 0.25) is 0 Å². The molecule has 0 atom stereocenters. The normalized spacial score (nSPS) is 11.6. The van der Waals surface area contributed by atoms with Crippen molar-refractivity contribution in [1.82, 2.24) is 0 Å². The van der Waals surface area contributed by atoms with E-state index in [1.807, 2.05) is 0 Å². The molecular formula is C25H21F7O2. The van der Waals surface area contributed by atoms with Crippen LogP contribution in [-0.2, 0) is 19.3 Å². The van der Waals surface area contributed by atoms with Gasteiger partial charge in [0.05, 0.1) is 5.56 Å². The summed E-state index contributed by atoms with van der Waals surface area (Å²) in [6.07, 6.45) is -3.12. The van der Waals surface area contributed by atoms with Gasteiger partial charge in [-0.1, -0.05) is 37.6 Å². The fourth-order valence-corrected chi connectivity index (χ4v) is 3.61. The molecule has 0 spiro atoms. The highest BCUT2D eigenvalue weighted by atomic mass is 19.4. The third kappa shape index (κ3) is 6.01. The summed E-state index contributed by atoms with van der Waals surface area (Å²) in [5.74, 6) is -7.49. The molecule has 0 amide bonds. The van der Waals surface area contributed by atoms with E-state index in [0.29, 0.717) is 17.7 Å². The lowest BCUT2D eigenvalue weighted by molar-refractivity contribution is -0.276. The van der Waals surface area contributed by atoms with Crippen molar-refractivity contribution >= 4 is 0 Å². The van der Waals surface area contributed by atoms with Crippen molar-refractivity contribution in [3.8, 4) is 22.6 Å². The van der Waals surface area contributed by atoms with E-state index in [1.165, 1.54) is 0 Å². The first-order chi connectivity index (χ1) is 16.0. The molecule has 3 aromatic carbocycles. The molecule has 0 aliphatic rings. The zero-order chi connectivity index (χ0) is 25.0. The standard InChI is InChI=1S/C25H21F7O2/c1-2-3-4-14-5-8-16(9-6-14)22-21(33)13-18(26)17(23(22)29)10-7-15-11-19(27)24(20(28)12-15)34-25(30,31)32/h5-6,8-9,11-13,33H,2-4,7,10H2,1H3. The van der Waals surface area contributed by atoms with Gasteiger partial charge in [0.15, 0.2) is 11.6 Å². The monoisotopic (exact) mass is 486 g/mol. The van der Waals surface area contributed by atoms with E-state index in [0.717, 1.165) is 30.9 Å². The number of hydrogen-bond donors (Lipinski definition) is 1. The Labute approximate surface area is 191 Å². The van der Waals surface area contributed by atoms with Gasteiger partial charge in [0.1, 0.15) is 17.4 Å². The van der Waals surface area contributed by atoms with E-state index in [9.17, 15) is 31.4 Å². The molecule has 0 radical (unpaired) electrons. The van der Waals surface area contributed by atoms with Crippen LogP contribution < -0.4 is 4.74 Å². The van der Waals surface area contributed by atoms with E-state index < -0.39 is 46.7 Å². The number of phenolic OH excluding ortho intramolecular Hbond substituents is 1. The maximum absolute atomic E-state index is 15.2. The minimum atomic E-state index is -5.29. The summed E-state index contributed by atoms with van der Waals surface area (Å²) in [6, 6.07) is 8.74. The number of unbranched alkanes of at least 4 members (excludes halogenated alkanes) is 1. The first-order valence-corrected chi connectivity index (χ1v) is 10.5. The topological polar surface area (TPSA) is 29.5 Å². The minimum absolute atomic E-state index is 0.127. The second kappa shape index (κ2) is 10.4. The zero-order valence-electron chi connectivity index (χ0n) is 18.1. The smallest absolute Gasteiger partial charge is 0.507 e. The van der Waals surface area contributed by atoms with Crippen molar-refractivity contribution in [2.75, 3.05) is 0 Å². The maximum Gasteiger partial charge on any atom is 0.573 e. The lowest BCUT2D eigenvalue weighted by atomic mass is 9.95. The van der Waals surface area contributed by atoms with Crippen LogP contribution in [0.1, 0.15) is 36.5 Å². The highest BCUT2D eigenvalue weighted by molar-refractivity contribution is 5.72. The maximum atomic E-state index is 15.2. The van der Waals surface area contributed by atoms with Gasteiger partial charge < -0.3 is 9.84 Å². The number of alkyl halides is 3. The van der Waals surface area contributed by atoms with Crippen LogP contribution >= 0.6 is 0 Å². The first-order valence-electron chi connectivity index (χ1n) is 10.5. The van der Waals surface area contributed by atoms with E-state index in [2.05, 4.69) is 11.7 Å². The van der Waals surface area contributed by atoms with Gasteiger partial charge in [-0.3, -0.25) is 0 Å². The Morgan fingerprint density at radius 3 is 1.97 bits per heavy atom. The van der Waals surface area contributed by atoms with Crippen molar-refractivity contribution in [2.24, 2.45) is 0 Å². The Morgan fingerprint density at radius 2 is 1.41 bits per heavy atom.